The molecule has 0 aliphatic carbocycles. The van der Waals surface area contributed by atoms with Gasteiger partial charge in [0, 0.05) is 6.61 Å². The van der Waals surface area contributed by atoms with E-state index in [1.165, 1.54) is 205 Å². The van der Waals surface area contributed by atoms with Crippen LogP contribution in [0.5, 0.6) is 0 Å². The highest BCUT2D eigenvalue weighted by Crippen LogP contribution is 2.27. The molecule has 0 aromatic heterocycles. The van der Waals surface area contributed by atoms with Crippen LogP contribution in [-0.2, 0) is 0 Å². The minimum absolute atomic E-state index is 0.370. The Morgan fingerprint density at radius 2 is 0.390 bits per heavy atom. The van der Waals surface area contributed by atoms with Crippen molar-refractivity contribution in [1.82, 2.24) is 0 Å². The summed E-state index contributed by atoms with van der Waals surface area (Å²) in [5.41, 5.74) is 0. The van der Waals surface area contributed by atoms with E-state index in [1.807, 2.05) is 0 Å². The van der Waals surface area contributed by atoms with Crippen LogP contribution in [0.25, 0.3) is 0 Å². The molecule has 0 heterocycles. The molecule has 0 radical (unpaired) electrons. The Labute approximate surface area is 274 Å². The van der Waals surface area contributed by atoms with Crippen LogP contribution in [0.3, 0.4) is 0 Å². The molecule has 0 atom stereocenters. The molecule has 5 heteroatoms. The average Bonchev–Trinajstić information content (AvgIpc) is 2.94. The van der Waals surface area contributed by atoms with Crippen LogP contribution in [0, 0.1) is 0 Å². The van der Waals surface area contributed by atoms with Crippen molar-refractivity contribution in [3.05, 3.63) is 0 Å². The van der Waals surface area contributed by atoms with Gasteiger partial charge in [-0.05, 0) is 12.5 Å². The summed E-state index contributed by atoms with van der Waals surface area (Å²) >= 11 is 17.8. The number of hydrogen-bond donors (Lipinski definition) is 1. The van der Waals surface area contributed by atoms with E-state index >= 15 is 0 Å². The van der Waals surface area contributed by atoms with Gasteiger partial charge in [-0.1, -0.05) is 212 Å². The molecule has 1 nitrogen and oxygen atoms in total. The zero-order chi connectivity index (χ0) is 30.0. The summed E-state index contributed by atoms with van der Waals surface area (Å²) in [7, 11) is 0. The second kappa shape index (κ2) is 35.5. The Kier molecular flexibility index (Phi) is 36.4. The minimum atomic E-state index is -2.37. The van der Waals surface area contributed by atoms with Crippen molar-refractivity contribution in [2.45, 2.75) is 224 Å². The van der Waals surface area contributed by atoms with Crippen molar-refractivity contribution in [2.24, 2.45) is 0 Å². The SMILES string of the molecule is OCCCCCCCCCCCCCCCCCCCCCCCCCCCCCCCCCCCC[Si](Cl)(Cl)Cl. The van der Waals surface area contributed by atoms with Crippen LogP contribution in [0.2, 0.25) is 6.04 Å². The van der Waals surface area contributed by atoms with E-state index in [9.17, 15) is 0 Å². The Morgan fingerprint density at radius 1 is 0.244 bits per heavy atom. The molecule has 0 saturated carbocycles. The lowest BCUT2D eigenvalue weighted by Gasteiger charge is -2.07. The van der Waals surface area contributed by atoms with Gasteiger partial charge in [0.05, 0.1) is 0 Å². The summed E-state index contributed by atoms with van der Waals surface area (Å²) < 4.78 is 0. The number of hydrogen-bond acceptors (Lipinski definition) is 1. The average molecular weight is 656 g/mol. The van der Waals surface area contributed by atoms with Gasteiger partial charge < -0.3 is 5.11 Å². The fraction of sp³-hybridized carbons (Fsp3) is 1.00. The Hall–Kier alpha value is 1.05. The van der Waals surface area contributed by atoms with E-state index in [-0.39, 0.29) is 0 Å². The molecule has 248 valence electrons. The Morgan fingerprint density at radius 3 is 0.537 bits per heavy atom. The predicted molar refractivity (Wildman–Crippen MR) is 192 cm³/mol. The zero-order valence-electron chi connectivity index (χ0n) is 27.5. The van der Waals surface area contributed by atoms with Crippen LogP contribution >= 0.6 is 33.2 Å². The third-order valence-electron chi connectivity index (χ3n) is 8.87. The van der Waals surface area contributed by atoms with E-state index in [1.54, 1.807) is 0 Å². The fourth-order valence-electron chi connectivity index (χ4n) is 6.09. The molecular weight excluding hydrogens is 583 g/mol. The maximum atomic E-state index is 8.79. The third kappa shape index (κ3) is 41.0. The molecular formula is C36H73Cl3OSi. The topological polar surface area (TPSA) is 20.2 Å². The molecule has 0 saturated heterocycles. The highest BCUT2D eigenvalue weighted by molar-refractivity contribution is 7.64. The molecule has 0 aromatic rings. The zero-order valence-corrected chi connectivity index (χ0v) is 30.8. The van der Waals surface area contributed by atoms with E-state index in [0.29, 0.717) is 6.61 Å². The molecule has 0 aromatic carbocycles. The van der Waals surface area contributed by atoms with Crippen LogP contribution in [0.4, 0.5) is 0 Å². The summed E-state index contributed by atoms with van der Waals surface area (Å²) in [6.45, 7) is 0.370. The molecule has 0 bridgehead atoms. The lowest BCUT2D eigenvalue weighted by atomic mass is 10.0. The summed E-state index contributed by atoms with van der Waals surface area (Å²) in [6, 6.07) is -1.54. The van der Waals surface area contributed by atoms with Gasteiger partial charge in [0.15, 0.2) is 0 Å². The van der Waals surface area contributed by atoms with Gasteiger partial charge in [-0.25, -0.2) is 0 Å². The molecule has 41 heavy (non-hydrogen) atoms. The highest BCUT2D eigenvalue weighted by Gasteiger charge is 2.23. The van der Waals surface area contributed by atoms with Crippen molar-refractivity contribution in [3.8, 4) is 0 Å². The van der Waals surface area contributed by atoms with Gasteiger partial charge in [-0.3, -0.25) is 0 Å². The van der Waals surface area contributed by atoms with Gasteiger partial charge in [0.25, 0.3) is 0 Å². The maximum absolute atomic E-state index is 8.79. The van der Waals surface area contributed by atoms with E-state index in [2.05, 4.69) is 0 Å². The number of rotatable bonds is 36. The van der Waals surface area contributed by atoms with Crippen molar-refractivity contribution >= 4 is 39.2 Å². The van der Waals surface area contributed by atoms with Crippen molar-refractivity contribution in [2.75, 3.05) is 6.61 Å². The lowest BCUT2D eigenvalue weighted by molar-refractivity contribution is 0.282. The number of aliphatic hydroxyl groups is 1. The van der Waals surface area contributed by atoms with Crippen LogP contribution in [0.15, 0.2) is 0 Å². The Bertz CT molecular complexity index is 472. The monoisotopic (exact) mass is 654 g/mol. The molecule has 0 fully saturated rings. The van der Waals surface area contributed by atoms with Gasteiger partial charge in [-0.15, -0.1) is 33.2 Å². The number of aliphatic hydroxyl groups excluding tert-OH is 1. The molecule has 0 amide bonds. The summed E-state index contributed by atoms with van der Waals surface area (Å²) in [5, 5.41) is 8.79. The first-order chi connectivity index (χ1) is 20.1. The van der Waals surface area contributed by atoms with Gasteiger partial charge in [0.2, 0.25) is 0 Å². The summed E-state index contributed by atoms with van der Waals surface area (Å²) in [6.07, 6.45) is 47.6. The fourth-order valence-corrected chi connectivity index (χ4v) is 7.95. The quantitative estimate of drug-likeness (QED) is 0.0404. The highest BCUT2D eigenvalue weighted by atomic mass is 35.8. The molecule has 0 aliphatic rings. The lowest BCUT2D eigenvalue weighted by Crippen LogP contribution is -2.07. The molecule has 0 unspecified atom stereocenters. The number of unbranched alkanes of at least 4 members (excludes halogenated alkanes) is 33. The van der Waals surface area contributed by atoms with E-state index in [0.717, 1.165) is 18.9 Å². The molecule has 0 spiro atoms. The predicted octanol–water partition coefficient (Wildman–Crippen LogP) is 14.9. The molecule has 1 N–H and O–H groups in total. The molecule has 0 aliphatic heterocycles. The first-order valence-corrected chi connectivity index (χ1v) is 24.0. The van der Waals surface area contributed by atoms with Crippen LogP contribution in [-0.4, -0.2) is 17.7 Å². The normalized spacial score (nSPS) is 12.0. The first-order valence-electron chi connectivity index (χ1n) is 18.7. The van der Waals surface area contributed by atoms with Crippen molar-refractivity contribution in [1.29, 1.82) is 0 Å². The minimum Gasteiger partial charge on any atom is -0.396 e. The number of halogens is 3. The van der Waals surface area contributed by atoms with Crippen LogP contribution < -0.4 is 0 Å². The second-order valence-corrected chi connectivity index (χ2v) is 22.4. The first kappa shape index (κ1) is 42.0. The smallest absolute Gasteiger partial charge is 0.341 e. The summed E-state index contributed by atoms with van der Waals surface area (Å²) in [4.78, 5) is 0. The Balaban J connectivity index is 3.04. The maximum Gasteiger partial charge on any atom is 0.341 e. The largest absolute Gasteiger partial charge is 0.396 e. The van der Waals surface area contributed by atoms with Gasteiger partial charge >= 0.3 is 6.00 Å². The third-order valence-corrected chi connectivity index (χ3v) is 11.5. The van der Waals surface area contributed by atoms with E-state index < -0.39 is 6.00 Å². The standard InChI is InChI=1S/C36H73Cl3OSi/c37-41(38,39)36-34-32-30-28-26-24-22-20-18-16-14-12-10-8-6-4-2-1-3-5-7-9-11-13-15-17-19-21-23-25-27-29-31-33-35-40/h40H,1-36H2. The van der Waals surface area contributed by atoms with Gasteiger partial charge in [-0.2, -0.15) is 0 Å². The van der Waals surface area contributed by atoms with Gasteiger partial charge in [0.1, 0.15) is 0 Å². The summed E-state index contributed by atoms with van der Waals surface area (Å²) in [5.74, 6) is 0. The van der Waals surface area contributed by atoms with Crippen molar-refractivity contribution in [3.63, 3.8) is 0 Å². The van der Waals surface area contributed by atoms with E-state index in [4.69, 9.17) is 38.3 Å². The van der Waals surface area contributed by atoms with Crippen LogP contribution in [0.1, 0.15) is 218 Å². The molecule has 0 rings (SSSR count). The van der Waals surface area contributed by atoms with Crippen molar-refractivity contribution < 1.29 is 5.11 Å². The second-order valence-electron chi connectivity index (χ2n) is 13.1.